The molecule has 0 aromatic carbocycles. The molecule has 0 aromatic rings. The molecule has 2 rings (SSSR count). The predicted octanol–water partition coefficient (Wildman–Crippen LogP) is 2.55. The van der Waals surface area contributed by atoms with E-state index in [1.807, 2.05) is 12.2 Å². The van der Waals surface area contributed by atoms with Crippen LogP contribution in [0.1, 0.15) is 33.1 Å². The van der Waals surface area contributed by atoms with Gasteiger partial charge in [-0.3, -0.25) is 4.79 Å². The maximum absolute atomic E-state index is 12.0. The zero-order valence-electron chi connectivity index (χ0n) is 9.86. The molecule has 86 valence electrons. The number of hydrogen-bond donors (Lipinski definition) is 1. The van der Waals surface area contributed by atoms with E-state index in [9.17, 15) is 9.90 Å². The van der Waals surface area contributed by atoms with Crippen LogP contribution in [0.4, 0.5) is 0 Å². The topological polar surface area (TPSA) is 37.3 Å². The minimum absolute atomic E-state index is 0.0788. The van der Waals surface area contributed by atoms with Gasteiger partial charge in [0, 0.05) is 5.92 Å². The van der Waals surface area contributed by atoms with Crippen LogP contribution < -0.4 is 0 Å². The molecule has 1 atom stereocenters. The van der Waals surface area contributed by atoms with Gasteiger partial charge in [0.15, 0.2) is 5.78 Å². The summed E-state index contributed by atoms with van der Waals surface area (Å²) in [6.07, 6.45) is 11.1. The monoisotopic (exact) mass is 218 g/mol. The number of rotatable bonds is 2. The third-order valence-corrected chi connectivity index (χ3v) is 3.23. The van der Waals surface area contributed by atoms with E-state index in [0.29, 0.717) is 0 Å². The van der Waals surface area contributed by atoms with Crippen molar-refractivity contribution < 1.29 is 9.90 Å². The van der Waals surface area contributed by atoms with E-state index in [0.717, 1.165) is 19.3 Å². The average Bonchev–Trinajstić information content (AvgIpc) is 2.26. The van der Waals surface area contributed by atoms with Gasteiger partial charge in [-0.1, -0.05) is 29.9 Å². The summed E-state index contributed by atoms with van der Waals surface area (Å²) in [6, 6.07) is 0. The number of carbonyl (C=O) groups excluding carboxylic acids is 1. The van der Waals surface area contributed by atoms with E-state index in [-0.39, 0.29) is 11.7 Å². The maximum Gasteiger partial charge on any atom is 0.170 e. The fraction of sp³-hybridized carbons (Fsp3) is 0.500. The SMILES string of the molecule is CC(C)(O)C(=O)C1C=CC2=C(CCC=C2)C1. The third-order valence-electron chi connectivity index (χ3n) is 3.23. The number of Topliss-reactive ketones (excluding diaryl/α,β-unsaturated/α-hetero) is 1. The van der Waals surface area contributed by atoms with Gasteiger partial charge in [-0.15, -0.1) is 0 Å². The summed E-state index contributed by atoms with van der Waals surface area (Å²) in [4.78, 5) is 12.0. The summed E-state index contributed by atoms with van der Waals surface area (Å²) >= 11 is 0. The Morgan fingerprint density at radius 3 is 2.88 bits per heavy atom. The minimum atomic E-state index is -1.22. The van der Waals surface area contributed by atoms with E-state index in [1.165, 1.54) is 11.1 Å². The first-order chi connectivity index (χ1) is 7.48. The Kier molecular flexibility index (Phi) is 2.85. The van der Waals surface area contributed by atoms with Crippen molar-refractivity contribution >= 4 is 5.78 Å². The average molecular weight is 218 g/mol. The zero-order chi connectivity index (χ0) is 11.8. The summed E-state index contributed by atoms with van der Waals surface area (Å²) < 4.78 is 0. The van der Waals surface area contributed by atoms with Gasteiger partial charge >= 0.3 is 0 Å². The van der Waals surface area contributed by atoms with Crippen LogP contribution in [-0.2, 0) is 4.79 Å². The Hall–Kier alpha value is -1.15. The number of ketones is 1. The molecule has 0 heterocycles. The molecule has 0 fully saturated rings. The van der Waals surface area contributed by atoms with Crippen molar-refractivity contribution in [3.05, 3.63) is 35.5 Å². The van der Waals surface area contributed by atoms with Crippen molar-refractivity contribution in [1.82, 2.24) is 0 Å². The lowest BCUT2D eigenvalue weighted by Crippen LogP contribution is -2.36. The van der Waals surface area contributed by atoms with E-state index < -0.39 is 5.60 Å². The fourth-order valence-electron chi connectivity index (χ4n) is 2.31. The van der Waals surface area contributed by atoms with Gasteiger partial charge in [-0.25, -0.2) is 0 Å². The van der Waals surface area contributed by atoms with E-state index >= 15 is 0 Å². The molecule has 1 unspecified atom stereocenters. The molecule has 0 bridgehead atoms. The van der Waals surface area contributed by atoms with Crippen LogP contribution in [0.25, 0.3) is 0 Å². The molecular weight excluding hydrogens is 200 g/mol. The second-order valence-corrected chi connectivity index (χ2v) is 5.09. The number of aliphatic hydroxyl groups is 1. The molecule has 0 radical (unpaired) electrons. The van der Waals surface area contributed by atoms with Gasteiger partial charge in [0.2, 0.25) is 0 Å². The summed E-state index contributed by atoms with van der Waals surface area (Å²) in [5, 5.41) is 9.72. The molecule has 2 aliphatic carbocycles. The van der Waals surface area contributed by atoms with E-state index in [4.69, 9.17) is 0 Å². The Morgan fingerprint density at radius 2 is 2.19 bits per heavy atom. The van der Waals surface area contributed by atoms with Crippen molar-refractivity contribution in [1.29, 1.82) is 0 Å². The molecule has 16 heavy (non-hydrogen) atoms. The first kappa shape index (κ1) is 11.3. The predicted molar refractivity (Wildman–Crippen MR) is 64.0 cm³/mol. The summed E-state index contributed by atoms with van der Waals surface area (Å²) in [5.41, 5.74) is 1.39. The summed E-state index contributed by atoms with van der Waals surface area (Å²) in [7, 11) is 0. The highest BCUT2D eigenvalue weighted by Gasteiger charge is 2.32. The molecule has 0 saturated carbocycles. The fourth-order valence-corrected chi connectivity index (χ4v) is 2.31. The number of carbonyl (C=O) groups is 1. The van der Waals surface area contributed by atoms with E-state index in [1.54, 1.807) is 13.8 Å². The molecular formula is C14H18O2. The normalized spacial score (nSPS) is 24.6. The van der Waals surface area contributed by atoms with Crippen LogP contribution in [0.2, 0.25) is 0 Å². The van der Waals surface area contributed by atoms with Crippen LogP contribution in [0.5, 0.6) is 0 Å². The van der Waals surface area contributed by atoms with Crippen molar-refractivity contribution in [2.45, 2.75) is 38.7 Å². The highest BCUT2D eigenvalue weighted by molar-refractivity contribution is 5.90. The van der Waals surface area contributed by atoms with Crippen LogP contribution in [0.15, 0.2) is 35.5 Å². The molecule has 1 N–H and O–H groups in total. The van der Waals surface area contributed by atoms with E-state index in [2.05, 4.69) is 12.2 Å². The first-order valence-corrected chi connectivity index (χ1v) is 5.82. The Balaban J connectivity index is 2.15. The van der Waals surface area contributed by atoms with Gasteiger partial charge in [0.25, 0.3) is 0 Å². The van der Waals surface area contributed by atoms with Crippen LogP contribution in [-0.4, -0.2) is 16.5 Å². The standard InChI is InChI=1S/C14H18O2/c1-14(2,16)13(15)12-8-7-10-5-3-4-6-11(10)9-12/h3,5,7-8,12,16H,4,6,9H2,1-2H3. The molecule has 0 aliphatic heterocycles. The minimum Gasteiger partial charge on any atom is -0.383 e. The molecule has 0 spiro atoms. The quantitative estimate of drug-likeness (QED) is 0.773. The lowest BCUT2D eigenvalue weighted by molar-refractivity contribution is -0.136. The molecule has 2 nitrogen and oxygen atoms in total. The van der Waals surface area contributed by atoms with Gasteiger partial charge in [0.05, 0.1) is 0 Å². The molecule has 0 amide bonds. The zero-order valence-corrected chi connectivity index (χ0v) is 9.86. The molecule has 0 aromatic heterocycles. The number of allylic oxidation sites excluding steroid dienone is 6. The van der Waals surface area contributed by atoms with Gasteiger partial charge in [-0.05, 0) is 38.7 Å². The maximum atomic E-state index is 12.0. The summed E-state index contributed by atoms with van der Waals surface area (Å²) in [6.45, 7) is 3.13. The highest BCUT2D eigenvalue weighted by Crippen LogP contribution is 2.32. The first-order valence-electron chi connectivity index (χ1n) is 5.82. The summed E-state index contributed by atoms with van der Waals surface area (Å²) in [5.74, 6) is -0.227. The lowest BCUT2D eigenvalue weighted by atomic mass is 9.79. The van der Waals surface area contributed by atoms with Crippen molar-refractivity contribution in [2.75, 3.05) is 0 Å². The number of hydrogen-bond acceptors (Lipinski definition) is 2. The Labute approximate surface area is 96.4 Å². The third kappa shape index (κ3) is 2.17. The van der Waals surface area contributed by atoms with Crippen LogP contribution in [0.3, 0.4) is 0 Å². The Morgan fingerprint density at radius 1 is 1.44 bits per heavy atom. The van der Waals surface area contributed by atoms with Crippen LogP contribution >= 0.6 is 0 Å². The highest BCUT2D eigenvalue weighted by atomic mass is 16.3. The molecule has 2 aliphatic rings. The van der Waals surface area contributed by atoms with Gasteiger partial charge in [0.1, 0.15) is 5.60 Å². The van der Waals surface area contributed by atoms with Gasteiger partial charge < -0.3 is 5.11 Å². The second kappa shape index (κ2) is 4.02. The molecule has 2 heteroatoms. The van der Waals surface area contributed by atoms with Crippen molar-refractivity contribution in [3.8, 4) is 0 Å². The Bertz CT molecular complexity index is 391. The van der Waals surface area contributed by atoms with Crippen LogP contribution in [0, 0.1) is 5.92 Å². The van der Waals surface area contributed by atoms with Crippen molar-refractivity contribution in [3.63, 3.8) is 0 Å². The van der Waals surface area contributed by atoms with Gasteiger partial charge in [-0.2, -0.15) is 0 Å². The lowest BCUT2D eigenvalue weighted by Gasteiger charge is -2.26. The second-order valence-electron chi connectivity index (χ2n) is 5.09. The van der Waals surface area contributed by atoms with Crippen molar-refractivity contribution in [2.24, 2.45) is 5.92 Å². The smallest absolute Gasteiger partial charge is 0.170 e. The molecule has 0 saturated heterocycles. The largest absolute Gasteiger partial charge is 0.383 e.